The molecule has 7 heteroatoms. The first-order chi connectivity index (χ1) is 14.4. The van der Waals surface area contributed by atoms with Crippen LogP contribution in [-0.4, -0.2) is 38.2 Å². The summed E-state index contributed by atoms with van der Waals surface area (Å²) in [6.07, 6.45) is 0.193. The van der Waals surface area contributed by atoms with Crippen molar-refractivity contribution in [2.45, 2.75) is 12.8 Å². The average molecular weight is 426 g/mol. The van der Waals surface area contributed by atoms with Gasteiger partial charge in [-0.1, -0.05) is 18.2 Å². The summed E-state index contributed by atoms with van der Waals surface area (Å²) in [7, 11) is 4.66. The SMILES string of the molecule is COc1cc(-c2cccc(C(=O)Cc3ccc(CC(=O)O)s3)c2)cc(OC)c1OC. The molecule has 0 saturated heterocycles. The van der Waals surface area contributed by atoms with E-state index in [0.717, 1.165) is 20.9 Å². The fraction of sp³-hybridized carbons (Fsp3) is 0.217. The molecule has 156 valence electrons. The molecule has 1 heterocycles. The normalized spacial score (nSPS) is 10.5. The third-order valence-electron chi connectivity index (χ3n) is 4.56. The Bertz CT molecular complexity index is 1040. The lowest BCUT2D eigenvalue weighted by Gasteiger charge is -2.14. The maximum Gasteiger partial charge on any atom is 0.308 e. The number of hydrogen-bond acceptors (Lipinski definition) is 6. The Morgan fingerprint density at radius 2 is 1.47 bits per heavy atom. The summed E-state index contributed by atoms with van der Waals surface area (Å²) in [4.78, 5) is 25.2. The average Bonchev–Trinajstić information content (AvgIpc) is 3.18. The molecular weight excluding hydrogens is 404 g/mol. The van der Waals surface area contributed by atoms with Crippen molar-refractivity contribution in [3.8, 4) is 28.4 Å². The number of carbonyl (C=O) groups excluding carboxylic acids is 1. The number of carbonyl (C=O) groups is 2. The molecule has 6 nitrogen and oxygen atoms in total. The predicted octanol–water partition coefficient (Wildman–Crippen LogP) is 4.49. The number of hydrogen-bond donors (Lipinski definition) is 1. The maximum atomic E-state index is 12.8. The minimum absolute atomic E-state index is 0.0323. The van der Waals surface area contributed by atoms with Gasteiger partial charge in [0.15, 0.2) is 17.3 Å². The molecule has 0 atom stereocenters. The first-order valence-electron chi connectivity index (χ1n) is 9.18. The monoisotopic (exact) mass is 426 g/mol. The number of carboxylic acid groups (broad SMARTS) is 1. The van der Waals surface area contributed by atoms with Gasteiger partial charge in [-0.3, -0.25) is 9.59 Å². The van der Waals surface area contributed by atoms with Crippen LogP contribution in [0.1, 0.15) is 20.1 Å². The van der Waals surface area contributed by atoms with E-state index in [1.165, 1.54) is 11.3 Å². The molecule has 0 fully saturated rings. The largest absolute Gasteiger partial charge is 0.493 e. The van der Waals surface area contributed by atoms with Gasteiger partial charge in [-0.15, -0.1) is 11.3 Å². The lowest BCUT2D eigenvalue weighted by molar-refractivity contribution is -0.136. The summed E-state index contributed by atoms with van der Waals surface area (Å²) < 4.78 is 16.2. The minimum atomic E-state index is -0.882. The van der Waals surface area contributed by atoms with Crippen LogP contribution in [0.5, 0.6) is 17.2 Å². The summed E-state index contributed by atoms with van der Waals surface area (Å²) in [5.41, 5.74) is 2.26. The van der Waals surface area contributed by atoms with Crippen LogP contribution in [-0.2, 0) is 17.6 Å². The van der Waals surface area contributed by atoms with Crippen molar-refractivity contribution < 1.29 is 28.9 Å². The van der Waals surface area contributed by atoms with Crippen LogP contribution in [0.2, 0.25) is 0 Å². The Kier molecular flexibility index (Phi) is 6.74. The van der Waals surface area contributed by atoms with E-state index < -0.39 is 5.97 Å². The van der Waals surface area contributed by atoms with Crippen LogP contribution in [0.25, 0.3) is 11.1 Å². The Morgan fingerprint density at radius 3 is 2.03 bits per heavy atom. The molecule has 3 aromatic rings. The molecule has 0 aliphatic heterocycles. The summed E-state index contributed by atoms with van der Waals surface area (Å²) in [5.74, 6) is 0.660. The van der Waals surface area contributed by atoms with Crippen LogP contribution in [0.4, 0.5) is 0 Å². The van der Waals surface area contributed by atoms with Crippen LogP contribution in [0.3, 0.4) is 0 Å². The molecule has 0 spiro atoms. The highest BCUT2D eigenvalue weighted by atomic mass is 32.1. The van der Waals surface area contributed by atoms with Gasteiger partial charge in [0.05, 0.1) is 27.8 Å². The summed E-state index contributed by atoms with van der Waals surface area (Å²) in [6, 6.07) is 14.6. The second kappa shape index (κ2) is 9.45. The standard InChI is InChI=1S/C23H22O6S/c1-27-20-10-16(11-21(28-2)23(20)29-3)14-5-4-6-15(9-14)19(24)12-17-7-8-18(30-17)13-22(25)26/h4-11H,12-13H2,1-3H3,(H,25,26). The van der Waals surface area contributed by atoms with E-state index >= 15 is 0 Å². The summed E-state index contributed by atoms with van der Waals surface area (Å²) in [5, 5.41) is 8.90. The van der Waals surface area contributed by atoms with Gasteiger partial charge in [-0.2, -0.15) is 0 Å². The van der Waals surface area contributed by atoms with Crippen molar-refractivity contribution in [3.05, 3.63) is 63.8 Å². The number of carboxylic acids is 1. The van der Waals surface area contributed by atoms with Crippen molar-refractivity contribution >= 4 is 23.1 Å². The van der Waals surface area contributed by atoms with E-state index in [0.29, 0.717) is 22.8 Å². The number of ketones is 1. The number of aliphatic carboxylic acids is 1. The number of rotatable bonds is 9. The third kappa shape index (κ3) is 4.80. The number of benzene rings is 2. The van der Waals surface area contributed by atoms with Gasteiger partial charge in [0.1, 0.15) is 0 Å². The van der Waals surface area contributed by atoms with Crippen molar-refractivity contribution in [2.75, 3.05) is 21.3 Å². The lowest BCUT2D eigenvalue weighted by atomic mass is 9.99. The number of methoxy groups -OCH3 is 3. The van der Waals surface area contributed by atoms with Crippen molar-refractivity contribution in [1.29, 1.82) is 0 Å². The fourth-order valence-electron chi connectivity index (χ4n) is 3.14. The van der Waals surface area contributed by atoms with Crippen molar-refractivity contribution in [1.82, 2.24) is 0 Å². The van der Waals surface area contributed by atoms with Gasteiger partial charge >= 0.3 is 5.97 Å². The molecule has 3 rings (SSSR count). The van der Waals surface area contributed by atoms with Crippen LogP contribution >= 0.6 is 11.3 Å². The van der Waals surface area contributed by atoms with Gasteiger partial charge in [0.2, 0.25) is 5.75 Å². The molecule has 1 aromatic heterocycles. The zero-order chi connectivity index (χ0) is 21.7. The second-order valence-corrected chi connectivity index (χ2v) is 7.79. The second-order valence-electron chi connectivity index (χ2n) is 6.53. The quantitative estimate of drug-likeness (QED) is 0.508. The van der Waals surface area contributed by atoms with Crippen LogP contribution in [0.15, 0.2) is 48.5 Å². The van der Waals surface area contributed by atoms with Crippen LogP contribution < -0.4 is 14.2 Å². The van der Waals surface area contributed by atoms with E-state index in [9.17, 15) is 9.59 Å². The molecule has 0 radical (unpaired) electrons. The molecule has 0 unspecified atom stereocenters. The van der Waals surface area contributed by atoms with Crippen molar-refractivity contribution in [2.24, 2.45) is 0 Å². The molecule has 0 aliphatic carbocycles. The highest BCUT2D eigenvalue weighted by Crippen LogP contribution is 2.41. The van der Waals surface area contributed by atoms with E-state index in [1.807, 2.05) is 36.4 Å². The highest BCUT2D eigenvalue weighted by molar-refractivity contribution is 7.12. The predicted molar refractivity (Wildman–Crippen MR) is 115 cm³/mol. The van der Waals surface area contributed by atoms with Gasteiger partial charge in [-0.05, 0) is 41.5 Å². The molecule has 2 aromatic carbocycles. The van der Waals surface area contributed by atoms with Gasteiger partial charge in [0, 0.05) is 21.7 Å². The number of Topliss-reactive ketones (excluding diaryl/α,β-unsaturated/α-hetero) is 1. The lowest BCUT2D eigenvalue weighted by Crippen LogP contribution is -2.02. The van der Waals surface area contributed by atoms with Gasteiger partial charge in [0.25, 0.3) is 0 Å². The zero-order valence-corrected chi connectivity index (χ0v) is 17.7. The summed E-state index contributed by atoms with van der Waals surface area (Å²) in [6.45, 7) is 0. The third-order valence-corrected chi connectivity index (χ3v) is 5.65. The first-order valence-corrected chi connectivity index (χ1v) is 9.99. The smallest absolute Gasteiger partial charge is 0.308 e. The molecule has 1 N–H and O–H groups in total. The molecule has 0 amide bonds. The van der Waals surface area contributed by atoms with Crippen molar-refractivity contribution in [3.63, 3.8) is 0 Å². The topological polar surface area (TPSA) is 82.1 Å². The highest BCUT2D eigenvalue weighted by Gasteiger charge is 2.16. The van der Waals surface area contributed by atoms with E-state index in [4.69, 9.17) is 19.3 Å². The Hall–Kier alpha value is -3.32. The Labute approximate surface area is 178 Å². The molecule has 0 bridgehead atoms. The Morgan fingerprint density at radius 1 is 0.833 bits per heavy atom. The van der Waals surface area contributed by atoms with E-state index in [-0.39, 0.29) is 18.6 Å². The zero-order valence-electron chi connectivity index (χ0n) is 16.9. The summed E-state index contributed by atoms with van der Waals surface area (Å²) >= 11 is 1.35. The van der Waals surface area contributed by atoms with Crippen LogP contribution in [0, 0.1) is 0 Å². The van der Waals surface area contributed by atoms with E-state index in [1.54, 1.807) is 33.5 Å². The first kappa shape index (κ1) is 21.4. The minimum Gasteiger partial charge on any atom is -0.493 e. The Balaban J connectivity index is 1.86. The molecular formula is C23H22O6S. The molecule has 30 heavy (non-hydrogen) atoms. The number of ether oxygens (including phenoxy) is 3. The maximum absolute atomic E-state index is 12.8. The molecule has 0 saturated carbocycles. The molecule has 0 aliphatic rings. The number of thiophene rings is 1. The van der Waals surface area contributed by atoms with E-state index in [2.05, 4.69) is 0 Å². The van der Waals surface area contributed by atoms with Gasteiger partial charge in [-0.25, -0.2) is 0 Å². The van der Waals surface area contributed by atoms with Gasteiger partial charge < -0.3 is 19.3 Å². The fourth-order valence-corrected chi connectivity index (χ4v) is 4.15.